The number of allylic oxidation sites excluding steroid dienone is 1. The molecule has 13 heteroatoms. The highest BCUT2D eigenvalue weighted by Crippen LogP contribution is 2.36. The van der Waals surface area contributed by atoms with Gasteiger partial charge in [0.15, 0.2) is 29.6 Å². The van der Waals surface area contributed by atoms with E-state index in [0.29, 0.717) is 34.3 Å². The van der Waals surface area contributed by atoms with Crippen molar-refractivity contribution in [2.45, 2.75) is 33.7 Å². The first kappa shape index (κ1) is 30.0. The summed E-state index contributed by atoms with van der Waals surface area (Å²) < 4.78 is 29.3. The van der Waals surface area contributed by atoms with Gasteiger partial charge in [-0.2, -0.15) is 5.10 Å². The number of hydrogen-bond donors (Lipinski definition) is 3. The number of amides is 3. The van der Waals surface area contributed by atoms with E-state index < -0.39 is 23.9 Å². The molecule has 230 valence electrons. The van der Waals surface area contributed by atoms with E-state index in [2.05, 4.69) is 25.7 Å². The number of urea groups is 1. The molecule has 3 N–H and O–H groups in total. The van der Waals surface area contributed by atoms with E-state index in [0.717, 1.165) is 22.6 Å². The normalized spacial score (nSPS) is 15.6. The largest absolute Gasteiger partial charge is 0.493 e. The number of hydrogen-bond acceptors (Lipinski definition) is 9. The third-order valence-corrected chi connectivity index (χ3v) is 7.12. The lowest BCUT2D eigenvalue weighted by molar-refractivity contribution is -0.139. The first-order chi connectivity index (χ1) is 21.2. The van der Waals surface area contributed by atoms with Crippen LogP contribution in [0.5, 0.6) is 23.0 Å². The maximum absolute atomic E-state index is 12.6. The second-order valence-corrected chi connectivity index (χ2v) is 9.98. The molecule has 1 atom stereocenters. The van der Waals surface area contributed by atoms with Gasteiger partial charge >= 0.3 is 12.0 Å². The van der Waals surface area contributed by atoms with E-state index in [1.54, 1.807) is 38.3 Å². The maximum atomic E-state index is 12.6. The van der Waals surface area contributed by atoms with E-state index in [1.807, 2.05) is 38.1 Å². The van der Waals surface area contributed by atoms with Crippen LogP contribution in [0.4, 0.5) is 4.79 Å². The predicted molar refractivity (Wildman–Crippen MR) is 159 cm³/mol. The number of esters is 1. The fourth-order valence-corrected chi connectivity index (χ4v) is 5.10. The summed E-state index contributed by atoms with van der Waals surface area (Å²) >= 11 is 0. The Morgan fingerprint density at radius 1 is 1.09 bits per heavy atom. The van der Waals surface area contributed by atoms with Crippen LogP contribution in [-0.2, 0) is 14.3 Å². The fraction of sp³-hybridized carbons (Fsp3) is 0.290. The van der Waals surface area contributed by atoms with Crippen LogP contribution in [-0.4, -0.2) is 55.8 Å². The van der Waals surface area contributed by atoms with E-state index in [-0.39, 0.29) is 25.6 Å². The second kappa shape index (κ2) is 12.8. The van der Waals surface area contributed by atoms with E-state index in [9.17, 15) is 14.4 Å². The first-order valence-corrected chi connectivity index (χ1v) is 13.9. The zero-order chi connectivity index (χ0) is 31.4. The van der Waals surface area contributed by atoms with Gasteiger partial charge in [0.25, 0.3) is 5.91 Å². The third kappa shape index (κ3) is 6.16. The van der Waals surface area contributed by atoms with Crippen molar-refractivity contribution >= 4 is 24.1 Å². The Labute approximate surface area is 253 Å². The molecule has 2 aromatic carbocycles. The van der Waals surface area contributed by atoms with Crippen molar-refractivity contribution in [3.05, 3.63) is 76.2 Å². The number of fused-ring (bicyclic) bond motifs is 1. The van der Waals surface area contributed by atoms with Crippen LogP contribution in [0.2, 0.25) is 0 Å². The molecule has 13 nitrogen and oxygen atoms in total. The Morgan fingerprint density at radius 3 is 2.66 bits per heavy atom. The molecule has 0 unspecified atom stereocenters. The van der Waals surface area contributed by atoms with Crippen LogP contribution in [0.15, 0.2) is 58.8 Å². The molecule has 0 saturated carbocycles. The lowest BCUT2D eigenvalue weighted by atomic mass is 9.95. The van der Waals surface area contributed by atoms with Crippen molar-refractivity contribution in [2.75, 3.05) is 27.1 Å². The summed E-state index contributed by atoms with van der Waals surface area (Å²) in [5.74, 6) is 0.974. The molecule has 2 aliphatic rings. The number of nitrogens with zero attached hydrogens (tertiary/aromatic N) is 2. The smallest absolute Gasteiger partial charge is 0.338 e. The summed E-state index contributed by atoms with van der Waals surface area (Å²) in [5.41, 5.74) is 7.38. The molecule has 0 aliphatic carbocycles. The van der Waals surface area contributed by atoms with Gasteiger partial charge in [-0.25, -0.2) is 15.0 Å². The minimum atomic E-state index is -0.768. The molecule has 3 heterocycles. The number of carbonyl (C=O) groups is 3. The van der Waals surface area contributed by atoms with E-state index >= 15 is 0 Å². The average Bonchev–Trinajstić information content (AvgIpc) is 3.58. The summed E-state index contributed by atoms with van der Waals surface area (Å²) in [6, 6.07) is 11.4. The molecule has 3 aromatic rings. The molecule has 3 amide bonds. The number of rotatable bonds is 10. The third-order valence-electron chi connectivity index (χ3n) is 7.12. The first-order valence-electron chi connectivity index (χ1n) is 13.9. The predicted octanol–water partition coefficient (Wildman–Crippen LogP) is 3.55. The van der Waals surface area contributed by atoms with Crippen molar-refractivity contribution in [3.8, 4) is 28.7 Å². The summed E-state index contributed by atoms with van der Waals surface area (Å²) in [6.07, 6.45) is 1.57. The van der Waals surface area contributed by atoms with Gasteiger partial charge in [-0.15, -0.1) is 0 Å². The Kier molecular flexibility index (Phi) is 8.74. The van der Waals surface area contributed by atoms with Crippen molar-refractivity contribution in [1.82, 2.24) is 20.6 Å². The summed E-state index contributed by atoms with van der Waals surface area (Å²) in [7, 11) is 1.45. The average molecular weight is 604 g/mol. The minimum Gasteiger partial charge on any atom is -0.493 e. The Hall–Kier alpha value is -5.46. The van der Waals surface area contributed by atoms with Gasteiger partial charge < -0.3 is 38.9 Å². The summed E-state index contributed by atoms with van der Waals surface area (Å²) in [4.78, 5) is 37.3. The molecule has 0 bridgehead atoms. The molecule has 0 radical (unpaired) electrons. The molecule has 2 aliphatic heterocycles. The second-order valence-electron chi connectivity index (χ2n) is 9.98. The van der Waals surface area contributed by atoms with E-state index in [4.69, 9.17) is 23.7 Å². The number of carbonyl (C=O) groups excluding carboxylic acids is 3. The van der Waals surface area contributed by atoms with Crippen LogP contribution in [0.3, 0.4) is 0 Å². The van der Waals surface area contributed by atoms with Gasteiger partial charge in [0.1, 0.15) is 0 Å². The van der Waals surface area contributed by atoms with Gasteiger partial charge in [0, 0.05) is 34.4 Å². The number of benzene rings is 2. The zero-order valence-corrected chi connectivity index (χ0v) is 25.0. The number of methoxy groups -OCH3 is 1. The fourth-order valence-electron chi connectivity index (χ4n) is 5.10. The van der Waals surface area contributed by atoms with Crippen LogP contribution in [0, 0.1) is 13.8 Å². The molecule has 0 fully saturated rings. The van der Waals surface area contributed by atoms with Crippen molar-refractivity contribution in [3.63, 3.8) is 0 Å². The number of ether oxygens (including phenoxy) is 5. The topological polar surface area (TPSA) is 151 Å². The lowest BCUT2D eigenvalue weighted by Crippen LogP contribution is -2.45. The highest BCUT2D eigenvalue weighted by atomic mass is 16.7. The lowest BCUT2D eigenvalue weighted by Gasteiger charge is -2.28. The molecular formula is C31H33N5O8. The van der Waals surface area contributed by atoms with Crippen molar-refractivity contribution in [1.29, 1.82) is 0 Å². The Bertz CT molecular complexity index is 1680. The van der Waals surface area contributed by atoms with Crippen molar-refractivity contribution < 1.29 is 38.1 Å². The number of aryl methyl sites for hydroxylation is 1. The van der Waals surface area contributed by atoms with Crippen molar-refractivity contribution in [2.24, 2.45) is 5.10 Å². The van der Waals surface area contributed by atoms with Gasteiger partial charge in [-0.05, 0) is 63.6 Å². The zero-order valence-electron chi connectivity index (χ0n) is 25.0. The quantitative estimate of drug-likeness (QED) is 0.181. The van der Waals surface area contributed by atoms with E-state index in [1.165, 1.54) is 7.11 Å². The molecule has 0 spiro atoms. The summed E-state index contributed by atoms with van der Waals surface area (Å²) in [6.45, 7) is 7.33. The number of hydrazone groups is 1. The van der Waals surface area contributed by atoms with Gasteiger partial charge in [0.2, 0.25) is 6.79 Å². The van der Waals surface area contributed by atoms with Gasteiger partial charge in [-0.3, -0.25) is 4.79 Å². The minimum absolute atomic E-state index is 0.186. The van der Waals surface area contributed by atoms with Gasteiger partial charge in [-0.1, -0.05) is 6.07 Å². The van der Waals surface area contributed by atoms with Crippen LogP contribution < -0.4 is 35.0 Å². The highest BCUT2D eigenvalue weighted by molar-refractivity contribution is 5.95. The molecule has 1 aromatic heterocycles. The Balaban J connectivity index is 1.23. The van der Waals surface area contributed by atoms with Crippen LogP contribution in [0.1, 0.15) is 42.4 Å². The van der Waals surface area contributed by atoms with Crippen LogP contribution in [0.25, 0.3) is 5.69 Å². The van der Waals surface area contributed by atoms with Crippen LogP contribution >= 0.6 is 0 Å². The SMILES string of the molecule is CCOC(=O)C1=C(C)NC(=O)N[C@H]1c1ccc(OCC(=O)N/N=C\c2cc(C)n(-c3ccc4c(c3)OCO4)c2C)c(OC)c1. The monoisotopic (exact) mass is 603 g/mol. The van der Waals surface area contributed by atoms with Gasteiger partial charge in [0.05, 0.1) is 31.5 Å². The molecule has 0 saturated heterocycles. The summed E-state index contributed by atoms with van der Waals surface area (Å²) in [5, 5.41) is 9.44. The molecular weight excluding hydrogens is 570 g/mol. The molecule has 44 heavy (non-hydrogen) atoms. The number of nitrogens with one attached hydrogen (secondary N) is 3. The number of aromatic nitrogens is 1. The Morgan fingerprint density at radius 2 is 1.89 bits per heavy atom. The maximum Gasteiger partial charge on any atom is 0.338 e. The molecule has 5 rings (SSSR count). The highest BCUT2D eigenvalue weighted by Gasteiger charge is 2.32. The standard InChI is InChI=1S/C31H33N5O8/c1-6-41-30(38)28-18(3)33-31(39)34-29(28)20-7-9-23(25(12-20)40-5)42-15-27(37)35-32-14-21-11-17(2)36(19(21)4)22-8-10-24-26(13-22)44-16-43-24/h7-14,29H,6,15-16H2,1-5H3,(H,35,37)(H2,33,34,39)/b32-14-/t29-/m0/s1.